The Morgan fingerprint density at radius 3 is 2.41 bits per heavy atom. The highest BCUT2D eigenvalue weighted by atomic mass is 32.2. The first-order chi connectivity index (χ1) is 15.3. The molecule has 0 aliphatic carbocycles. The third kappa shape index (κ3) is 6.18. The summed E-state index contributed by atoms with van der Waals surface area (Å²) < 4.78 is 38.6. The topological polar surface area (TPSA) is 93.7 Å². The molecule has 0 aliphatic rings. The molecule has 3 rings (SSSR count). The third-order valence-corrected chi connectivity index (χ3v) is 6.62. The van der Waals surface area contributed by atoms with Crippen molar-refractivity contribution >= 4 is 39.1 Å². The normalized spacial score (nSPS) is 11.0. The number of methoxy groups -OCH3 is 1. The number of benzene rings is 3. The van der Waals surface area contributed by atoms with Gasteiger partial charge in [-0.15, -0.1) is 11.8 Å². The lowest BCUT2D eigenvalue weighted by Gasteiger charge is -2.13. The molecule has 9 heteroatoms. The van der Waals surface area contributed by atoms with Crippen LogP contribution in [0.3, 0.4) is 0 Å². The zero-order valence-electron chi connectivity index (χ0n) is 17.9. The predicted octanol–water partition coefficient (Wildman–Crippen LogP) is 4.54. The van der Waals surface area contributed by atoms with Crippen LogP contribution in [0, 0.1) is 6.92 Å². The molecule has 0 saturated carbocycles. The summed E-state index contributed by atoms with van der Waals surface area (Å²) in [6.07, 6.45) is 1.96. The Balaban J connectivity index is 1.62. The largest absolute Gasteiger partial charge is 0.497 e. The first-order valence-corrected chi connectivity index (χ1v) is 12.4. The van der Waals surface area contributed by atoms with Crippen LogP contribution in [-0.2, 0) is 14.8 Å². The van der Waals surface area contributed by atoms with E-state index in [4.69, 9.17) is 9.47 Å². The summed E-state index contributed by atoms with van der Waals surface area (Å²) in [5.41, 5.74) is 1.71. The Bertz CT molecular complexity index is 1200. The summed E-state index contributed by atoms with van der Waals surface area (Å²) in [7, 11) is -2.24. The molecule has 0 fully saturated rings. The SMILES string of the molecule is COc1ccc(NS(=O)(=O)c2ccc(OCC(=O)Nc3cccc(SC)c3)c(C)c2)cc1. The van der Waals surface area contributed by atoms with E-state index in [1.165, 1.54) is 19.2 Å². The standard InChI is InChI=1S/C23H24N2O5S2/c1-16-13-21(32(27,28)25-17-7-9-19(29-2)10-8-17)11-12-22(16)30-15-23(26)24-18-5-4-6-20(14-18)31-3/h4-14,25H,15H2,1-3H3,(H,24,26). The van der Waals surface area contributed by atoms with E-state index >= 15 is 0 Å². The maximum absolute atomic E-state index is 12.7. The van der Waals surface area contributed by atoms with Crippen LogP contribution in [0.5, 0.6) is 11.5 Å². The molecule has 3 aromatic rings. The number of hydrogen-bond donors (Lipinski definition) is 2. The Labute approximate surface area is 192 Å². The van der Waals surface area contributed by atoms with Crippen LogP contribution in [0.1, 0.15) is 5.56 Å². The molecule has 32 heavy (non-hydrogen) atoms. The van der Waals surface area contributed by atoms with Gasteiger partial charge in [0, 0.05) is 16.3 Å². The van der Waals surface area contributed by atoms with Crippen molar-refractivity contribution in [1.82, 2.24) is 0 Å². The predicted molar refractivity (Wildman–Crippen MR) is 127 cm³/mol. The summed E-state index contributed by atoms with van der Waals surface area (Å²) in [6, 6.07) is 18.6. The Hall–Kier alpha value is -3.17. The number of anilines is 2. The van der Waals surface area contributed by atoms with Gasteiger partial charge in [-0.1, -0.05) is 6.07 Å². The fourth-order valence-corrected chi connectivity index (χ4v) is 4.47. The van der Waals surface area contributed by atoms with Crippen LogP contribution in [0.2, 0.25) is 0 Å². The summed E-state index contributed by atoms with van der Waals surface area (Å²) in [6.45, 7) is 1.53. The zero-order valence-corrected chi connectivity index (χ0v) is 19.5. The quantitative estimate of drug-likeness (QED) is 0.444. The molecule has 2 N–H and O–H groups in total. The van der Waals surface area contributed by atoms with Gasteiger partial charge < -0.3 is 14.8 Å². The van der Waals surface area contributed by atoms with Crippen molar-refractivity contribution in [3.63, 3.8) is 0 Å². The van der Waals surface area contributed by atoms with Crippen molar-refractivity contribution < 1.29 is 22.7 Å². The van der Waals surface area contributed by atoms with E-state index in [2.05, 4.69) is 10.0 Å². The highest BCUT2D eigenvalue weighted by Gasteiger charge is 2.16. The van der Waals surface area contributed by atoms with E-state index in [1.54, 1.807) is 55.1 Å². The van der Waals surface area contributed by atoms with Gasteiger partial charge in [-0.3, -0.25) is 9.52 Å². The van der Waals surface area contributed by atoms with Crippen LogP contribution in [0.4, 0.5) is 11.4 Å². The molecule has 3 aromatic carbocycles. The van der Waals surface area contributed by atoms with Gasteiger partial charge in [0.2, 0.25) is 0 Å². The van der Waals surface area contributed by atoms with Crippen molar-refractivity contribution in [2.24, 2.45) is 0 Å². The summed E-state index contributed by atoms with van der Waals surface area (Å²) >= 11 is 1.59. The molecule has 0 unspecified atom stereocenters. The minimum absolute atomic E-state index is 0.0940. The number of rotatable bonds is 9. The van der Waals surface area contributed by atoms with Crippen molar-refractivity contribution in [3.05, 3.63) is 72.3 Å². The van der Waals surface area contributed by atoms with Crippen molar-refractivity contribution in [2.75, 3.05) is 30.0 Å². The van der Waals surface area contributed by atoms with Gasteiger partial charge in [-0.05, 0) is 79.4 Å². The molecular weight excluding hydrogens is 448 g/mol. The second-order valence-electron chi connectivity index (χ2n) is 6.83. The Kier molecular flexibility index (Phi) is 7.66. The number of ether oxygens (including phenoxy) is 2. The van der Waals surface area contributed by atoms with Crippen molar-refractivity contribution in [2.45, 2.75) is 16.7 Å². The Morgan fingerprint density at radius 2 is 1.75 bits per heavy atom. The molecule has 0 heterocycles. The average Bonchev–Trinajstić information content (AvgIpc) is 2.78. The van der Waals surface area contributed by atoms with Crippen LogP contribution < -0.4 is 19.5 Å². The van der Waals surface area contributed by atoms with Crippen molar-refractivity contribution in [3.8, 4) is 11.5 Å². The number of sulfonamides is 1. The molecule has 1 amide bonds. The van der Waals surface area contributed by atoms with Crippen LogP contribution in [0.15, 0.2) is 76.5 Å². The second-order valence-corrected chi connectivity index (χ2v) is 9.39. The molecule has 0 radical (unpaired) electrons. The van der Waals surface area contributed by atoms with Gasteiger partial charge in [-0.2, -0.15) is 0 Å². The minimum Gasteiger partial charge on any atom is -0.497 e. The highest BCUT2D eigenvalue weighted by molar-refractivity contribution is 7.98. The summed E-state index contributed by atoms with van der Waals surface area (Å²) in [4.78, 5) is 13.3. The number of carbonyl (C=O) groups is 1. The smallest absolute Gasteiger partial charge is 0.262 e. The molecular formula is C23H24N2O5S2. The lowest BCUT2D eigenvalue weighted by Crippen LogP contribution is -2.20. The van der Waals surface area contributed by atoms with E-state index in [-0.39, 0.29) is 17.4 Å². The second kappa shape index (κ2) is 10.4. The molecule has 0 saturated heterocycles. The van der Waals surface area contributed by atoms with Crippen LogP contribution >= 0.6 is 11.8 Å². The number of amides is 1. The van der Waals surface area contributed by atoms with Gasteiger partial charge in [0.05, 0.1) is 12.0 Å². The number of carbonyl (C=O) groups excluding carboxylic acids is 1. The molecule has 7 nitrogen and oxygen atoms in total. The number of hydrogen-bond acceptors (Lipinski definition) is 6. The maximum atomic E-state index is 12.7. The number of aryl methyl sites for hydroxylation is 1. The summed E-state index contributed by atoms with van der Waals surface area (Å²) in [5.74, 6) is 0.758. The maximum Gasteiger partial charge on any atom is 0.262 e. The van der Waals surface area contributed by atoms with Crippen molar-refractivity contribution in [1.29, 1.82) is 0 Å². The van der Waals surface area contributed by atoms with Gasteiger partial charge in [0.1, 0.15) is 11.5 Å². The fourth-order valence-electron chi connectivity index (χ4n) is 2.87. The highest BCUT2D eigenvalue weighted by Crippen LogP contribution is 2.25. The van der Waals surface area contributed by atoms with Gasteiger partial charge in [-0.25, -0.2) is 8.42 Å². The summed E-state index contributed by atoms with van der Waals surface area (Å²) in [5, 5.41) is 2.79. The average molecular weight is 473 g/mol. The van der Waals surface area contributed by atoms with Gasteiger partial charge in [0.15, 0.2) is 6.61 Å². The molecule has 0 aliphatic heterocycles. The van der Waals surface area contributed by atoms with Gasteiger partial charge >= 0.3 is 0 Å². The first kappa shape index (κ1) is 23.5. The lowest BCUT2D eigenvalue weighted by molar-refractivity contribution is -0.118. The molecule has 0 spiro atoms. The molecule has 0 bridgehead atoms. The van der Waals surface area contributed by atoms with E-state index in [0.29, 0.717) is 28.4 Å². The third-order valence-electron chi connectivity index (χ3n) is 4.51. The number of thioether (sulfide) groups is 1. The lowest BCUT2D eigenvalue weighted by atomic mass is 10.2. The van der Waals surface area contributed by atoms with E-state index in [0.717, 1.165) is 4.90 Å². The van der Waals surface area contributed by atoms with Crippen LogP contribution in [-0.4, -0.2) is 34.3 Å². The van der Waals surface area contributed by atoms with Crippen LogP contribution in [0.25, 0.3) is 0 Å². The zero-order chi connectivity index (χ0) is 23.1. The minimum atomic E-state index is -3.78. The fraction of sp³-hybridized carbons (Fsp3) is 0.174. The monoisotopic (exact) mass is 472 g/mol. The van der Waals surface area contributed by atoms with E-state index in [9.17, 15) is 13.2 Å². The van der Waals surface area contributed by atoms with E-state index in [1.807, 2.05) is 24.5 Å². The molecule has 168 valence electrons. The van der Waals surface area contributed by atoms with Gasteiger partial charge in [0.25, 0.3) is 15.9 Å². The Morgan fingerprint density at radius 1 is 1.00 bits per heavy atom. The first-order valence-electron chi connectivity index (χ1n) is 9.65. The molecule has 0 aromatic heterocycles. The van der Waals surface area contributed by atoms with E-state index < -0.39 is 10.0 Å². The number of nitrogens with one attached hydrogen (secondary N) is 2. The molecule has 0 atom stereocenters.